The molecule has 0 unspecified atom stereocenters. The first kappa shape index (κ1) is 19.5. The summed E-state index contributed by atoms with van der Waals surface area (Å²) in [5.74, 6) is -0.0945. The van der Waals surface area contributed by atoms with Crippen molar-refractivity contribution in [2.24, 2.45) is 0 Å². The van der Waals surface area contributed by atoms with E-state index in [4.69, 9.17) is 0 Å². The number of nitrogens with zero attached hydrogens (tertiary/aromatic N) is 1. The minimum Gasteiger partial charge on any atom is -0.302 e. The van der Waals surface area contributed by atoms with Crippen molar-refractivity contribution >= 4 is 46.2 Å². The van der Waals surface area contributed by atoms with Crippen LogP contribution in [0.1, 0.15) is 18.2 Å². The summed E-state index contributed by atoms with van der Waals surface area (Å²) in [6.07, 6.45) is 0.741. The number of aromatic nitrogens is 1. The fourth-order valence-electron chi connectivity index (χ4n) is 3.25. The van der Waals surface area contributed by atoms with Crippen molar-refractivity contribution in [1.29, 1.82) is 0 Å². The summed E-state index contributed by atoms with van der Waals surface area (Å²) in [5, 5.41) is 9.45. The number of carbonyl (C=O) groups excluding carboxylic acids is 1. The summed E-state index contributed by atoms with van der Waals surface area (Å²) in [7, 11) is -0.664. The average molecular weight is 416 g/mol. The van der Waals surface area contributed by atoms with Gasteiger partial charge in [0.25, 0.3) is 0 Å². The molecule has 0 aliphatic heterocycles. The van der Waals surface area contributed by atoms with Crippen LogP contribution in [-0.2, 0) is 11.2 Å². The van der Waals surface area contributed by atoms with E-state index in [0.29, 0.717) is 5.13 Å². The van der Waals surface area contributed by atoms with Crippen LogP contribution in [0.4, 0.5) is 5.13 Å². The highest BCUT2D eigenvalue weighted by Crippen LogP contribution is 2.34. The Hall–Kier alpha value is -2.81. The molecular weight excluding hydrogens is 395 g/mol. The van der Waals surface area contributed by atoms with Crippen LogP contribution in [0.25, 0.3) is 0 Å². The maximum absolute atomic E-state index is 11.3. The maximum atomic E-state index is 11.3. The Morgan fingerprint density at radius 1 is 0.897 bits per heavy atom. The molecule has 0 saturated heterocycles. The van der Waals surface area contributed by atoms with Crippen molar-refractivity contribution in [3.8, 4) is 0 Å². The molecule has 0 fully saturated rings. The van der Waals surface area contributed by atoms with Gasteiger partial charge in [-0.05, 0) is 29.4 Å². The summed E-state index contributed by atoms with van der Waals surface area (Å²) < 4.78 is 0. The molecule has 4 rings (SSSR count). The van der Waals surface area contributed by atoms with Gasteiger partial charge in [0.2, 0.25) is 5.91 Å². The molecule has 0 saturated carbocycles. The van der Waals surface area contributed by atoms with E-state index in [1.807, 2.05) is 5.38 Å². The van der Waals surface area contributed by atoms with Gasteiger partial charge in [-0.3, -0.25) is 4.79 Å². The molecule has 3 nitrogen and oxygen atoms in total. The second-order valence-electron chi connectivity index (χ2n) is 6.64. The number of nitrogens with one attached hydrogen (secondary N) is 1. The Morgan fingerprint density at radius 2 is 1.48 bits per heavy atom. The number of anilines is 1. The van der Waals surface area contributed by atoms with Crippen molar-refractivity contribution in [3.05, 3.63) is 102 Å². The van der Waals surface area contributed by atoms with Crippen LogP contribution in [0.5, 0.6) is 0 Å². The molecule has 144 valence electrons. The van der Waals surface area contributed by atoms with Gasteiger partial charge in [0.1, 0.15) is 0 Å². The largest absolute Gasteiger partial charge is 0.302 e. The van der Waals surface area contributed by atoms with E-state index in [2.05, 4.69) is 95.2 Å². The molecule has 0 atom stereocenters. The number of thiazole rings is 1. The van der Waals surface area contributed by atoms with Crippen LogP contribution < -0.4 is 21.2 Å². The van der Waals surface area contributed by atoms with E-state index in [1.54, 1.807) is 0 Å². The third-order valence-electron chi connectivity index (χ3n) is 4.47. The smallest absolute Gasteiger partial charge is 0.223 e. The summed E-state index contributed by atoms with van der Waals surface area (Å²) in [5.41, 5.74) is 2.24. The fourth-order valence-corrected chi connectivity index (χ4v) is 6.48. The zero-order valence-electron chi connectivity index (χ0n) is 16.1. The zero-order chi connectivity index (χ0) is 20.1. The lowest BCUT2D eigenvalue weighted by Gasteiger charge is -2.22. The van der Waals surface area contributed by atoms with Gasteiger partial charge in [-0.1, -0.05) is 84.9 Å². The molecule has 1 amide bonds. The Bertz CT molecular complexity index is 1060. The van der Waals surface area contributed by atoms with E-state index in [-0.39, 0.29) is 5.91 Å². The number of amides is 1. The van der Waals surface area contributed by atoms with Crippen LogP contribution in [0.2, 0.25) is 0 Å². The quantitative estimate of drug-likeness (QED) is 0.472. The van der Waals surface area contributed by atoms with Gasteiger partial charge in [-0.15, -0.1) is 11.3 Å². The first-order valence-electron chi connectivity index (χ1n) is 9.41. The minimum atomic E-state index is -0.664. The third-order valence-corrected chi connectivity index (χ3v) is 7.82. The van der Waals surface area contributed by atoms with E-state index < -0.39 is 7.92 Å². The van der Waals surface area contributed by atoms with Crippen LogP contribution in [0.15, 0.2) is 90.3 Å². The molecule has 0 spiro atoms. The van der Waals surface area contributed by atoms with Crippen molar-refractivity contribution in [2.75, 3.05) is 5.32 Å². The minimum absolute atomic E-state index is 0.0945. The van der Waals surface area contributed by atoms with Crippen molar-refractivity contribution in [3.63, 3.8) is 0 Å². The van der Waals surface area contributed by atoms with Gasteiger partial charge >= 0.3 is 0 Å². The predicted molar refractivity (Wildman–Crippen MR) is 124 cm³/mol. The normalized spacial score (nSPS) is 10.8. The highest BCUT2D eigenvalue weighted by Gasteiger charge is 2.19. The average Bonchev–Trinajstić information content (AvgIpc) is 3.17. The van der Waals surface area contributed by atoms with Crippen LogP contribution >= 0.6 is 19.3 Å². The second-order valence-corrected chi connectivity index (χ2v) is 9.68. The molecule has 0 aliphatic rings. The van der Waals surface area contributed by atoms with E-state index in [0.717, 1.165) is 12.1 Å². The molecule has 29 heavy (non-hydrogen) atoms. The molecule has 0 bridgehead atoms. The van der Waals surface area contributed by atoms with Crippen LogP contribution in [0, 0.1) is 0 Å². The Kier molecular flexibility index (Phi) is 6.14. The van der Waals surface area contributed by atoms with Gasteiger partial charge in [0.15, 0.2) is 5.13 Å². The van der Waals surface area contributed by atoms with Gasteiger partial charge in [0, 0.05) is 18.7 Å². The van der Waals surface area contributed by atoms with Gasteiger partial charge in [-0.25, -0.2) is 4.98 Å². The summed E-state index contributed by atoms with van der Waals surface area (Å²) in [4.78, 5) is 15.9. The SMILES string of the molecule is CC(=O)Nc1nc(Cc2ccccc2P(c2ccccc2)c2ccccc2)cs1. The van der Waals surface area contributed by atoms with Crippen molar-refractivity contribution in [1.82, 2.24) is 4.98 Å². The van der Waals surface area contributed by atoms with Gasteiger partial charge in [-0.2, -0.15) is 0 Å². The fraction of sp³-hybridized carbons (Fsp3) is 0.0833. The van der Waals surface area contributed by atoms with Crippen molar-refractivity contribution in [2.45, 2.75) is 13.3 Å². The Balaban J connectivity index is 1.73. The number of benzene rings is 3. The first-order chi connectivity index (χ1) is 14.2. The number of carbonyl (C=O) groups is 1. The molecule has 3 aromatic carbocycles. The third kappa shape index (κ3) is 4.79. The topological polar surface area (TPSA) is 42.0 Å². The Labute approximate surface area is 176 Å². The van der Waals surface area contributed by atoms with Crippen molar-refractivity contribution < 1.29 is 4.79 Å². The molecule has 1 N–H and O–H groups in total. The van der Waals surface area contributed by atoms with Gasteiger partial charge < -0.3 is 5.32 Å². The monoisotopic (exact) mass is 416 g/mol. The highest BCUT2D eigenvalue weighted by molar-refractivity contribution is 7.79. The zero-order valence-corrected chi connectivity index (χ0v) is 17.8. The molecule has 1 aromatic heterocycles. The molecule has 0 radical (unpaired) electrons. The highest BCUT2D eigenvalue weighted by atomic mass is 32.1. The Morgan fingerprint density at radius 3 is 2.10 bits per heavy atom. The van der Waals surface area contributed by atoms with Crippen LogP contribution in [0.3, 0.4) is 0 Å². The lowest BCUT2D eigenvalue weighted by molar-refractivity contribution is -0.114. The second kappa shape index (κ2) is 9.13. The summed E-state index contributed by atoms with van der Waals surface area (Å²) in [6.45, 7) is 1.50. The number of rotatable bonds is 6. The van der Waals surface area contributed by atoms with Gasteiger partial charge in [0.05, 0.1) is 5.69 Å². The lowest BCUT2D eigenvalue weighted by atomic mass is 10.1. The summed E-state index contributed by atoms with van der Waals surface area (Å²) in [6, 6.07) is 30.0. The first-order valence-corrected chi connectivity index (χ1v) is 11.6. The maximum Gasteiger partial charge on any atom is 0.223 e. The number of hydrogen-bond donors (Lipinski definition) is 1. The molecule has 4 aromatic rings. The predicted octanol–water partition coefficient (Wildman–Crippen LogP) is 4.45. The molecule has 0 aliphatic carbocycles. The molecule has 5 heteroatoms. The van der Waals surface area contributed by atoms with E-state index in [1.165, 1.54) is 39.7 Å². The lowest BCUT2D eigenvalue weighted by Crippen LogP contribution is -2.23. The summed E-state index contributed by atoms with van der Waals surface area (Å²) >= 11 is 1.47. The molecular formula is C24H21N2OPS. The standard InChI is InChI=1S/C24H21N2OPS/c1-18(27)25-24-26-20(17-29-24)16-19-10-8-9-15-23(19)28(21-11-4-2-5-12-21)22-13-6-3-7-14-22/h2-15,17H,16H2,1H3,(H,25,26,27). The van der Waals surface area contributed by atoms with Crippen LogP contribution in [-0.4, -0.2) is 10.9 Å². The van der Waals surface area contributed by atoms with E-state index in [9.17, 15) is 4.79 Å². The van der Waals surface area contributed by atoms with E-state index >= 15 is 0 Å². The molecule has 1 heterocycles. The number of hydrogen-bond acceptors (Lipinski definition) is 3.